The second kappa shape index (κ2) is 7.59. The van der Waals surface area contributed by atoms with Gasteiger partial charge < -0.3 is 14.9 Å². The van der Waals surface area contributed by atoms with Crippen molar-refractivity contribution in [1.82, 2.24) is 10.5 Å². The minimum absolute atomic E-state index is 0.0557. The van der Waals surface area contributed by atoms with Crippen molar-refractivity contribution in [3.8, 4) is 0 Å². The monoisotopic (exact) mass is 296 g/mol. The number of hydrogen-bond donors (Lipinski definition) is 2. The van der Waals surface area contributed by atoms with Gasteiger partial charge in [0.15, 0.2) is 0 Å². The van der Waals surface area contributed by atoms with Crippen molar-refractivity contribution in [3.63, 3.8) is 0 Å². The van der Waals surface area contributed by atoms with Gasteiger partial charge >= 0.3 is 0 Å². The van der Waals surface area contributed by atoms with E-state index >= 15 is 0 Å². The SMILES string of the molecule is Cc1noc(C)c1CCC(=O)NCC(C)(O)CCC(C)C. The first kappa shape index (κ1) is 17.7. The van der Waals surface area contributed by atoms with Gasteiger partial charge in [0.1, 0.15) is 5.76 Å². The maximum absolute atomic E-state index is 11.9. The standard InChI is InChI=1S/C16H28N2O3/c1-11(2)8-9-16(5,20)10-17-15(19)7-6-14-12(3)18-21-13(14)4/h11,20H,6-10H2,1-5H3,(H,17,19). The van der Waals surface area contributed by atoms with E-state index in [4.69, 9.17) is 4.52 Å². The molecule has 0 aliphatic carbocycles. The van der Waals surface area contributed by atoms with Crippen LogP contribution in [0.5, 0.6) is 0 Å². The lowest BCUT2D eigenvalue weighted by Gasteiger charge is -2.24. The molecule has 1 aromatic rings. The minimum atomic E-state index is -0.844. The van der Waals surface area contributed by atoms with Gasteiger partial charge in [-0.25, -0.2) is 0 Å². The normalized spacial score (nSPS) is 14.2. The lowest BCUT2D eigenvalue weighted by molar-refractivity contribution is -0.122. The Balaban J connectivity index is 2.34. The summed E-state index contributed by atoms with van der Waals surface area (Å²) >= 11 is 0. The van der Waals surface area contributed by atoms with Gasteiger partial charge in [-0.15, -0.1) is 0 Å². The average Bonchev–Trinajstić information content (AvgIpc) is 2.71. The van der Waals surface area contributed by atoms with Crippen LogP contribution in [0.2, 0.25) is 0 Å². The largest absolute Gasteiger partial charge is 0.388 e. The van der Waals surface area contributed by atoms with Crippen LogP contribution in [-0.4, -0.2) is 28.3 Å². The Bertz CT molecular complexity index is 445. The summed E-state index contributed by atoms with van der Waals surface area (Å²) in [6.07, 6.45) is 2.63. The molecule has 1 rings (SSSR count). The fourth-order valence-electron chi connectivity index (χ4n) is 2.16. The van der Waals surface area contributed by atoms with Crippen molar-refractivity contribution in [2.75, 3.05) is 6.54 Å². The molecule has 0 aliphatic rings. The van der Waals surface area contributed by atoms with Gasteiger partial charge in [-0.05, 0) is 46.0 Å². The Hall–Kier alpha value is -1.36. The van der Waals surface area contributed by atoms with Crippen LogP contribution in [-0.2, 0) is 11.2 Å². The van der Waals surface area contributed by atoms with Gasteiger partial charge in [0.25, 0.3) is 0 Å². The zero-order valence-electron chi connectivity index (χ0n) is 13.8. The number of hydrogen-bond acceptors (Lipinski definition) is 4. The summed E-state index contributed by atoms with van der Waals surface area (Å²) in [6, 6.07) is 0. The number of rotatable bonds is 8. The summed E-state index contributed by atoms with van der Waals surface area (Å²) in [7, 11) is 0. The molecule has 1 heterocycles. The third kappa shape index (κ3) is 6.29. The van der Waals surface area contributed by atoms with E-state index in [2.05, 4.69) is 24.3 Å². The molecule has 0 aliphatic heterocycles. The minimum Gasteiger partial charge on any atom is -0.388 e. The van der Waals surface area contributed by atoms with Gasteiger partial charge in [0.2, 0.25) is 5.91 Å². The highest BCUT2D eigenvalue weighted by Crippen LogP contribution is 2.16. The summed E-state index contributed by atoms with van der Waals surface area (Å²) in [4.78, 5) is 11.9. The summed E-state index contributed by atoms with van der Waals surface area (Å²) in [5, 5.41) is 16.9. The van der Waals surface area contributed by atoms with Gasteiger partial charge in [-0.1, -0.05) is 19.0 Å². The third-order valence-electron chi connectivity index (χ3n) is 3.71. The number of amides is 1. The molecule has 0 radical (unpaired) electrons. The van der Waals surface area contributed by atoms with Gasteiger partial charge in [0, 0.05) is 18.5 Å². The zero-order chi connectivity index (χ0) is 16.0. The highest BCUT2D eigenvalue weighted by molar-refractivity contribution is 5.76. The van der Waals surface area contributed by atoms with E-state index in [0.717, 1.165) is 23.4 Å². The molecule has 1 aromatic heterocycles. The van der Waals surface area contributed by atoms with Gasteiger partial charge in [0.05, 0.1) is 11.3 Å². The molecule has 2 N–H and O–H groups in total. The number of aliphatic hydroxyl groups is 1. The lowest BCUT2D eigenvalue weighted by Crippen LogP contribution is -2.40. The van der Waals surface area contributed by atoms with Crippen molar-refractivity contribution < 1.29 is 14.4 Å². The molecule has 0 saturated carbocycles. The molecule has 0 aromatic carbocycles. The van der Waals surface area contributed by atoms with Crippen LogP contribution in [0.4, 0.5) is 0 Å². The molecule has 21 heavy (non-hydrogen) atoms. The second-order valence-electron chi connectivity index (χ2n) is 6.51. The fourth-order valence-corrected chi connectivity index (χ4v) is 2.16. The molecule has 1 unspecified atom stereocenters. The Labute approximate surface area is 127 Å². The molecule has 0 spiro atoms. The highest BCUT2D eigenvalue weighted by Gasteiger charge is 2.21. The molecule has 120 valence electrons. The first-order chi connectivity index (χ1) is 9.71. The molecule has 0 fully saturated rings. The molecular formula is C16H28N2O3. The molecular weight excluding hydrogens is 268 g/mol. The predicted molar refractivity (Wildman–Crippen MR) is 82.0 cm³/mol. The summed E-state index contributed by atoms with van der Waals surface area (Å²) < 4.78 is 5.07. The molecule has 0 bridgehead atoms. The predicted octanol–water partition coefficient (Wildman–Crippen LogP) is 2.53. The Morgan fingerprint density at radius 2 is 2.10 bits per heavy atom. The number of aryl methyl sites for hydroxylation is 2. The van der Waals surface area contributed by atoms with Crippen LogP contribution in [0, 0.1) is 19.8 Å². The van der Waals surface area contributed by atoms with Crippen LogP contribution in [0.3, 0.4) is 0 Å². The first-order valence-corrected chi connectivity index (χ1v) is 7.62. The van der Waals surface area contributed by atoms with Crippen LogP contribution in [0.1, 0.15) is 57.1 Å². The average molecular weight is 296 g/mol. The maximum atomic E-state index is 11.9. The topological polar surface area (TPSA) is 75.4 Å². The van der Waals surface area contributed by atoms with Crippen molar-refractivity contribution in [2.24, 2.45) is 5.92 Å². The van der Waals surface area contributed by atoms with E-state index < -0.39 is 5.60 Å². The molecule has 1 atom stereocenters. The second-order valence-corrected chi connectivity index (χ2v) is 6.51. The maximum Gasteiger partial charge on any atom is 0.220 e. The van der Waals surface area contributed by atoms with E-state index in [1.807, 2.05) is 13.8 Å². The number of carbonyl (C=O) groups is 1. The van der Waals surface area contributed by atoms with E-state index in [9.17, 15) is 9.90 Å². The number of nitrogens with one attached hydrogen (secondary N) is 1. The highest BCUT2D eigenvalue weighted by atomic mass is 16.5. The molecule has 5 nitrogen and oxygen atoms in total. The third-order valence-corrected chi connectivity index (χ3v) is 3.71. The van der Waals surface area contributed by atoms with Crippen molar-refractivity contribution in [3.05, 3.63) is 17.0 Å². The molecule has 1 amide bonds. The van der Waals surface area contributed by atoms with Crippen LogP contribution in [0.15, 0.2) is 4.52 Å². The van der Waals surface area contributed by atoms with E-state index in [-0.39, 0.29) is 5.91 Å². The van der Waals surface area contributed by atoms with Gasteiger partial charge in [-0.3, -0.25) is 4.79 Å². The quantitative estimate of drug-likeness (QED) is 0.773. The van der Waals surface area contributed by atoms with Crippen LogP contribution in [0.25, 0.3) is 0 Å². The van der Waals surface area contributed by atoms with Crippen molar-refractivity contribution in [2.45, 2.75) is 65.9 Å². The Morgan fingerprint density at radius 1 is 1.43 bits per heavy atom. The Morgan fingerprint density at radius 3 is 2.62 bits per heavy atom. The zero-order valence-corrected chi connectivity index (χ0v) is 13.8. The van der Waals surface area contributed by atoms with Crippen molar-refractivity contribution in [1.29, 1.82) is 0 Å². The van der Waals surface area contributed by atoms with Gasteiger partial charge in [-0.2, -0.15) is 0 Å². The lowest BCUT2D eigenvalue weighted by atomic mass is 9.95. The van der Waals surface area contributed by atoms with Crippen molar-refractivity contribution >= 4 is 5.91 Å². The smallest absolute Gasteiger partial charge is 0.220 e. The molecule has 5 heteroatoms. The first-order valence-electron chi connectivity index (χ1n) is 7.62. The van der Waals surface area contributed by atoms with E-state index in [0.29, 0.717) is 31.7 Å². The fraction of sp³-hybridized carbons (Fsp3) is 0.750. The number of aromatic nitrogens is 1. The molecule has 0 saturated heterocycles. The Kier molecular flexibility index (Phi) is 6.40. The summed E-state index contributed by atoms with van der Waals surface area (Å²) in [6.45, 7) is 10.0. The number of carbonyl (C=O) groups excluding carboxylic acids is 1. The van der Waals surface area contributed by atoms with Crippen LogP contribution < -0.4 is 5.32 Å². The summed E-state index contributed by atoms with van der Waals surface area (Å²) in [5.74, 6) is 1.26. The van der Waals surface area contributed by atoms with E-state index in [1.165, 1.54) is 0 Å². The number of nitrogens with zero attached hydrogens (tertiary/aromatic N) is 1. The summed E-state index contributed by atoms with van der Waals surface area (Å²) in [5.41, 5.74) is 0.990. The van der Waals surface area contributed by atoms with Crippen LogP contribution >= 0.6 is 0 Å². The van der Waals surface area contributed by atoms with E-state index in [1.54, 1.807) is 6.92 Å².